The number of rotatable bonds is 2. The van der Waals surface area contributed by atoms with Gasteiger partial charge in [0, 0.05) is 18.5 Å². The van der Waals surface area contributed by atoms with Crippen molar-refractivity contribution in [1.82, 2.24) is 10.2 Å². The van der Waals surface area contributed by atoms with Gasteiger partial charge in [-0.3, -0.25) is 5.41 Å². The number of amidine groups is 1. The molecule has 1 aromatic rings. The predicted molar refractivity (Wildman–Crippen MR) is 61.4 cm³/mol. The van der Waals surface area contributed by atoms with E-state index in [1.807, 2.05) is 0 Å². The molecule has 82 valence electrons. The van der Waals surface area contributed by atoms with Crippen LogP contribution in [0.1, 0.15) is 19.8 Å². The van der Waals surface area contributed by atoms with Crippen LogP contribution < -0.4 is 10.6 Å². The number of aromatic nitrogens is 2. The summed E-state index contributed by atoms with van der Waals surface area (Å²) in [6.45, 7) is 3.88. The summed E-state index contributed by atoms with van der Waals surface area (Å²) in [4.78, 5) is 2.21. The molecule has 1 fully saturated rings. The zero-order valence-corrected chi connectivity index (χ0v) is 9.55. The summed E-state index contributed by atoms with van der Waals surface area (Å²) in [5, 5.41) is 16.4. The first-order chi connectivity index (χ1) is 7.12. The Hall–Kier alpha value is -1.17. The molecule has 0 spiro atoms. The van der Waals surface area contributed by atoms with Crippen molar-refractivity contribution in [3.05, 3.63) is 5.51 Å². The number of anilines is 1. The molecule has 0 aliphatic carbocycles. The number of nitrogens with zero attached hydrogens (tertiary/aromatic N) is 3. The van der Waals surface area contributed by atoms with Crippen molar-refractivity contribution < 1.29 is 0 Å². The highest BCUT2D eigenvalue weighted by molar-refractivity contribution is 7.13. The summed E-state index contributed by atoms with van der Waals surface area (Å²) >= 11 is 1.56. The SMILES string of the molecule is CC1(C(=N)N)CCN(c2nncs2)CC1. The Morgan fingerprint density at radius 3 is 2.73 bits per heavy atom. The van der Waals surface area contributed by atoms with Crippen LogP contribution in [0.3, 0.4) is 0 Å². The molecule has 1 aliphatic rings. The van der Waals surface area contributed by atoms with E-state index < -0.39 is 0 Å². The molecule has 15 heavy (non-hydrogen) atoms. The van der Waals surface area contributed by atoms with Gasteiger partial charge in [0.1, 0.15) is 5.51 Å². The van der Waals surface area contributed by atoms with E-state index in [2.05, 4.69) is 22.0 Å². The van der Waals surface area contributed by atoms with Gasteiger partial charge in [0.2, 0.25) is 5.13 Å². The summed E-state index contributed by atoms with van der Waals surface area (Å²) in [6.07, 6.45) is 1.84. The minimum absolute atomic E-state index is 0.124. The third-order valence-corrected chi connectivity index (χ3v) is 3.89. The quantitative estimate of drug-likeness (QED) is 0.583. The van der Waals surface area contributed by atoms with Crippen molar-refractivity contribution in [2.75, 3.05) is 18.0 Å². The van der Waals surface area contributed by atoms with Gasteiger partial charge in [-0.1, -0.05) is 18.3 Å². The summed E-state index contributed by atoms with van der Waals surface area (Å²) in [5.74, 6) is 0.305. The Kier molecular flexibility index (Phi) is 2.60. The smallest absolute Gasteiger partial charge is 0.208 e. The van der Waals surface area contributed by atoms with Crippen molar-refractivity contribution in [2.24, 2.45) is 11.1 Å². The fourth-order valence-electron chi connectivity index (χ4n) is 1.77. The van der Waals surface area contributed by atoms with Crippen LogP contribution in [0, 0.1) is 10.8 Å². The monoisotopic (exact) mass is 225 g/mol. The second-order valence-electron chi connectivity index (χ2n) is 4.18. The highest BCUT2D eigenvalue weighted by Gasteiger charge is 2.33. The van der Waals surface area contributed by atoms with Gasteiger partial charge in [0.15, 0.2) is 0 Å². The van der Waals surface area contributed by atoms with Crippen LogP contribution in [-0.2, 0) is 0 Å². The first-order valence-electron chi connectivity index (χ1n) is 4.97. The lowest BCUT2D eigenvalue weighted by molar-refractivity contribution is 0.350. The first kappa shape index (κ1) is 10.4. The minimum Gasteiger partial charge on any atom is -0.387 e. The van der Waals surface area contributed by atoms with Gasteiger partial charge in [-0.2, -0.15) is 0 Å². The maximum Gasteiger partial charge on any atom is 0.208 e. The standard InChI is InChI=1S/C9H15N5S/c1-9(7(10)11)2-4-14(5-3-9)8-13-12-6-15-8/h6H,2-5H2,1H3,(H3,10,11). The first-order valence-corrected chi connectivity index (χ1v) is 5.85. The van der Waals surface area contributed by atoms with Crippen molar-refractivity contribution in [1.29, 1.82) is 5.41 Å². The predicted octanol–water partition coefficient (Wildman–Crippen LogP) is 1.08. The number of hydrogen-bond donors (Lipinski definition) is 2. The topological polar surface area (TPSA) is 78.9 Å². The summed E-state index contributed by atoms with van der Waals surface area (Å²) in [6, 6.07) is 0. The second kappa shape index (κ2) is 3.77. The number of piperidine rings is 1. The Labute approximate surface area is 92.8 Å². The van der Waals surface area contributed by atoms with Crippen molar-refractivity contribution in [3.8, 4) is 0 Å². The van der Waals surface area contributed by atoms with Gasteiger partial charge in [-0.25, -0.2) is 0 Å². The maximum atomic E-state index is 7.56. The number of hydrogen-bond acceptors (Lipinski definition) is 5. The Morgan fingerprint density at radius 2 is 2.27 bits per heavy atom. The molecule has 3 N–H and O–H groups in total. The largest absolute Gasteiger partial charge is 0.387 e. The molecule has 0 aromatic carbocycles. The molecule has 2 rings (SSSR count). The fraction of sp³-hybridized carbons (Fsp3) is 0.667. The van der Waals surface area contributed by atoms with Gasteiger partial charge >= 0.3 is 0 Å². The lowest BCUT2D eigenvalue weighted by Gasteiger charge is -2.38. The number of nitrogens with two attached hydrogens (primary N) is 1. The van der Waals surface area contributed by atoms with E-state index in [1.165, 1.54) is 0 Å². The van der Waals surface area contributed by atoms with Crippen molar-refractivity contribution in [3.63, 3.8) is 0 Å². The van der Waals surface area contributed by atoms with E-state index >= 15 is 0 Å². The molecule has 1 saturated heterocycles. The average molecular weight is 225 g/mol. The van der Waals surface area contributed by atoms with Gasteiger partial charge in [-0.05, 0) is 12.8 Å². The molecule has 2 heterocycles. The van der Waals surface area contributed by atoms with Crippen LogP contribution >= 0.6 is 11.3 Å². The van der Waals surface area contributed by atoms with E-state index in [4.69, 9.17) is 11.1 Å². The van der Waals surface area contributed by atoms with Crippen LogP contribution in [0.5, 0.6) is 0 Å². The van der Waals surface area contributed by atoms with Gasteiger partial charge < -0.3 is 10.6 Å². The van der Waals surface area contributed by atoms with Gasteiger partial charge in [-0.15, -0.1) is 10.2 Å². The average Bonchev–Trinajstić information content (AvgIpc) is 2.72. The third kappa shape index (κ3) is 1.94. The van der Waals surface area contributed by atoms with E-state index in [0.717, 1.165) is 31.1 Å². The van der Waals surface area contributed by atoms with Crippen LogP contribution in [0.4, 0.5) is 5.13 Å². The minimum atomic E-state index is -0.124. The fourth-order valence-corrected chi connectivity index (χ4v) is 2.38. The van der Waals surface area contributed by atoms with E-state index in [-0.39, 0.29) is 5.41 Å². The molecule has 0 saturated carbocycles. The van der Waals surface area contributed by atoms with Crippen LogP contribution in [0.2, 0.25) is 0 Å². The molecule has 0 unspecified atom stereocenters. The van der Waals surface area contributed by atoms with Crippen molar-refractivity contribution in [2.45, 2.75) is 19.8 Å². The lowest BCUT2D eigenvalue weighted by Crippen LogP contribution is -2.45. The van der Waals surface area contributed by atoms with E-state index in [0.29, 0.717) is 5.84 Å². The number of nitrogens with one attached hydrogen (secondary N) is 1. The van der Waals surface area contributed by atoms with Crippen LogP contribution in [0.15, 0.2) is 5.51 Å². The Morgan fingerprint density at radius 1 is 1.60 bits per heavy atom. The lowest BCUT2D eigenvalue weighted by atomic mass is 9.79. The summed E-state index contributed by atoms with van der Waals surface area (Å²) in [7, 11) is 0. The summed E-state index contributed by atoms with van der Waals surface area (Å²) < 4.78 is 0. The molecule has 6 heteroatoms. The van der Waals surface area contributed by atoms with Crippen LogP contribution in [0.25, 0.3) is 0 Å². The van der Waals surface area contributed by atoms with Crippen LogP contribution in [-0.4, -0.2) is 29.1 Å². The van der Waals surface area contributed by atoms with Crippen molar-refractivity contribution >= 4 is 22.3 Å². The third-order valence-electron chi connectivity index (χ3n) is 3.14. The van der Waals surface area contributed by atoms with E-state index in [9.17, 15) is 0 Å². The Balaban J connectivity index is 2.01. The maximum absolute atomic E-state index is 7.56. The highest BCUT2D eigenvalue weighted by Crippen LogP contribution is 2.32. The molecular weight excluding hydrogens is 210 g/mol. The van der Waals surface area contributed by atoms with E-state index in [1.54, 1.807) is 16.8 Å². The molecule has 5 nitrogen and oxygen atoms in total. The molecular formula is C9H15N5S. The molecule has 1 aliphatic heterocycles. The molecule has 0 bridgehead atoms. The highest BCUT2D eigenvalue weighted by atomic mass is 32.1. The second-order valence-corrected chi connectivity index (χ2v) is 4.99. The summed E-state index contributed by atoms with van der Waals surface area (Å²) in [5.41, 5.74) is 7.23. The zero-order valence-electron chi connectivity index (χ0n) is 8.73. The van der Waals surface area contributed by atoms with Gasteiger partial charge in [0.05, 0.1) is 5.84 Å². The Bertz CT molecular complexity index is 339. The molecule has 0 atom stereocenters. The molecule has 1 aromatic heterocycles. The zero-order chi connectivity index (χ0) is 10.9. The molecule has 0 amide bonds. The normalized spacial score (nSPS) is 20.2. The molecule has 0 radical (unpaired) electrons. The van der Waals surface area contributed by atoms with Gasteiger partial charge in [0.25, 0.3) is 0 Å².